The Morgan fingerprint density at radius 3 is 3.17 bits per heavy atom. The lowest BCUT2D eigenvalue weighted by atomic mass is 9.95. The molecule has 3 rings (SSSR count). The molecule has 3 atom stereocenters. The first-order valence-corrected chi connectivity index (χ1v) is 8.04. The van der Waals surface area contributed by atoms with Crippen LogP contribution >= 0.6 is 11.3 Å². The Balaban J connectivity index is 1.62. The maximum Gasteiger partial charge on any atom is 0.0928 e. The molecular formula is C14H23N3S. The highest BCUT2D eigenvalue weighted by Crippen LogP contribution is 2.33. The van der Waals surface area contributed by atoms with Crippen LogP contribution in [0.15, 0.2) is 5.38 Å². The van der Waals surface area contributed by atoms with Gasteiger partial charge in [0.05, 0.1) is 10.7 Å². The Kier molecular flexibility index (Phi) is 3.68. The van der Waals surface area contributed by atoms with Crippen molar-refractivity contribution in [3.8, 4) is 0 Å². The van der Waals surface area contributed by atoms with Gasteiger partial charge in [-0.05, 0) is 44.7 Å². The topological polar surface area (TPSA) is 28.2 Å². The maximum absolute atomic E-state index is 4.75. The van der Waals surface area contributed by atoms with Crippen molar-refractivity contribution >= 4 is 11.3 Å². The van der Waals surface area contributed by atoms with Gasteiger partial charge in [-0.25, -0.2) is 4.98 Å². The lowest BCUT2D eigenvalue weighted by molar-refractivity contribution is 0.229. The summed E-state index contributed by atoms with van der Waals surface area (Å²) in [6, 6.07) is 0.710. The molecule has 2 fully saturated rings. The number of aromatic nitrogens is 1. The highest BCUT2D eigenvalue weighted by Gasteiger charge is 2.41. The van der Waals surface area contributed by atoms with Crippen LogP contribution in [0.3, 0.4) is 0 Å². The summed E-state index contributed by atoms with van der Waals surface area (Å²) in [5, 5.41) is 7.08. The predicted octanol–water partition coefficient (Wildman–Crippen LogP) is 2.14. The Morgan fingerprint density at radius 1 is 1.50 bits per heavy atom. The normalized spacial score (nSPS) is 32.0. The first-order valence-electron chi connectivity index (χ1n) is 7.16. The van der Waals surface area contributed by atoms with Crippen LogP contribution in [0.25, 0.3) is 0 Å². The highest BCUT2D eigenvalue weighted by molar-refractivity contribution is 7.09. The molecule has 0 radical (unpaired) electrons. The minimum Gasteiger partial charge on any atom is -0.316 e. The Morgan fingerprint density at radius 2 is 2.39 bits per heavy atom. The van der Waals surface area contributed by atoms with E-state index in [1.54, 1.807) is 0 Å². The zero-order valence-corrected chi connectivity index (χ0v) is 12.2. The molecule has 2 saturated heterocycles. The summed E-state index contributed by atoms with van der Waals surface area (Å²) >= 11 is 1.83. The molecule has 2 aliphatic rings. The minimum absolute atomic E-state index is 0.710. The molecule has 0 amide bonds. The van der Waals surface area contributed by atoms with Gasteiger partial charge < -0.3 is 5.32 Å². The third kappa shape index (κ3) is 2.33. The second-order valence-electron chi connectivity index (χ2n) is 5.73. The fraction of sp³-hybridized carbons (Fsp3) is 0.786. The zero-order chi connectivity index (χ0) is 12.5. The Hall–Kier alpha value is -0.450. The lowest BCUT2D eigenvalue weighted by Gasteiger charge is -2.23. The zero-order valence-electron chi connectivity index (χ0n) is 11.4. The third-order valence-electron chi connectivity index (χ3n) is 4.48. The number of hydrogen-bond donors (Lipinski definition) is 1. The molecular weight excluding hydrogens is 242 g/mol. The van der Waals surface area contributed by atoms with Gasteiger partial charge in [0.15, 0.2) is 0 Å². The van der Waals surface area contributed by atoms with Gasteiger partial charge in [-0.2, -0.15) is 0 Å². The van der Waals surface area contributed by atoms with Crippen LogP contribution in [0.5, 0.6) is 0 Å². The largest absolute Gasteiger partial charge is 0.316 e. The Labute approximate surface area is 114 Å². The van der Waals surface area contributed by atoms with E-state index in [1.807, 2.05) is 11.3 Å². The van der Waals surface area contributed by atoms with E-state index in [-0.39, 0.29) is 0 Å². The first kappa shape index (κ1) is 12.6. The van der Waals surface area contributed by atoms with Crippen molar-refractivity contribution < 1.29 is 0 Å². The molecule has 0 bridgehead atoms. The van der Waals surface area contributed by atoms with Crippen molar-refractivity contribution in [2.45, 2.75) is 39.3 Å². The summed E-state index contributed by atoms with van der Waals surface area (Å²) in [4.78, 5) is 7.38. The molecule has 3 nitrogen and oxygen atoms in total. The predicted molar refractivity (Wildman–Crippen MR) is 75.8 cm³/mol. The quantitative estimate of drug-likeness (QED) is 0.904. The van der Waals surface area contributed by atoms with Gasteiger partial charge in [-0.15, -0.1) is 11.3 Å². The molecule has 1 N–H and O–H groups in total. The molecule has 18 heavy (non-hydrogen) atoms. The van der Waals surface area contributed by atoms with Crippen molar-refractivity contribution in [2.75, 3.05) is 19.6 Å². The number of rotatable bonds is 4. The van der Waals surface area contributed by atoms with Crippen molar-refractivity contribution in [2.24, 2.45) is 11.8 Å². The average molecular weight is 265 g/mol. The second-order valence-corrected chi connectivity index (χ2v) is 6.68. The lowest BCUT2D eigenvalue weighted by Crippen LogP contribution is -2.32. The van der Waals surface area contributed by atoms with Gasteiger partial charge in [0.2, 0.25) is 0 Å². The molecule has 0 spiro atoms. The number of nitrogens with one attached hydrogen (secondary N) is 1. The number of fused-ring (bicyclic) bond motifs is 1. The monoisotopic (exact) mass is 265 g/mol. The molecule has 0 saturated carbocycles. The van der Waals surface area contributed by atoms with Crippen LogP contribution in [0.4, 0.5) is 0 Å². The van der Waals surface area contributed by atoms with E-state index in [9.17, 15) is 0 Å². The number of nitrogens with zero attached hydrogens (tertiary/aromatic N) is 2. The van der Waals surface area contributed by atoms with Crippen molar-refractivity contribution in [3.63, 3.8) is 0 Å². The smallest absolute Gasteiger partial charge is 0.0928 e. The van der Waals surface area contributed by atoms with E-state index in [2.05, 4.69) is 29.4 Å². The molecule has 3 unspecified atom stereocenters. The van der Waals surface area contributed by atoms with Crippen LogP contribution in [0.1, 0.15) is 31.0 Å². The Bertz CT molecular complexity index is 403. The van der Waals surface area contributed by atoms with Gasteiger partial charge in [-0.1, -0.05) is 6.92 Å². The summed E-state index contributed by atoms with van der Waals surface area (Å²) in [7, 11) is 0. The molecule has 4 heteroatoms. The number of likely N-dealkylation sites (tertiary alicyclic amines) is 1. The summed E-state index contributed by atoms with van der Waals surface area (Å²) in [5.41, 5.74) is 1.28. The van der Waals surface area contributed by atoms with E-state index in [4.69, 9.17) is 4.98 Å². The summed E-state index contributed by atoms with van der Waals surface area (Å²) < 4.78 is 0. The van der Waals surface area contributed by atoms with Crippen molar-refractivity contribution in [3.05, 3.63) is 16.1 Å². The van der Waals surface area contributed by atoms with Crippen LogP contribution in [0.2, 0.25) is 0 Å². The molecule has 2 aliphatic heterocycles. The van der Waals surface area contributed by atoms with Gasteiger partial charge in [0, 0.05) is 24.5 Å². The van der Waals surface area contributed by atoms with Gasteiger partial charge in [-0.3, -0.25) is 4.90 Å². The van der Waals surface area contributed by atoms with Crippen molar-refractivity contribution in [1.29, 1.82) is 0 Å². The number of thiazole rings is 1. The van der Waals surface area contributed by atoms with Crippen LogP contribution < -0.4 is 5.32 Å². The van der Waals surface area contributed by atoms with Crippen LogP contribution in [-0.4, -0.2) is 35.6 Å². The third-order valence-corrected chi connectivity index (χ3v) is 5.44. The molecule has 100 valence electrons. The van der Waals surface area contributed by atoms with E-state index >= 15 is 0 Å². The van der Waals surface area contributed by atoms with E-state index in [0.717, 1.165) is 24.8 Å². The van der Waals surface area contributed by atoms with Crippen LogP contribution in [0, 0.1) is 11.8 Å². The summed E-state index contributed by atoms with van der Waals surface area (Å²) in [6.45, 7) is 9.33. The number of aryl methyl sites for hydroxylation is 1. The number of hydrogen-bond acceptors (Lipinski definition) is 4. The van der Waals surface area contributed by atoms with Gasteiger partial charge >= 0.3 is 0 Å². The summed E-state index contributed by atoms with van der Waals surface area (Å²) in [6.07, 6.45) is 2.33. The van der Waals surface area contributed by atoms with E-state index in [1.165, 1.54) is 36.8 Å². The molecule has 1 aromatic heterocycles. The van der Waals surface area contributed by atoms with Crippen molar-refractivity contribution in [1.82, 2.24) is 15.2 Å². The standard InChI is InChI=1S/C14H23N3S/c1-3-4-14-16-12(9-18-14)8-17-7-11-5-15-6-13(11)10(17)2/h9-11,13,15H,3-8H2,1-2H3. The molecule has 1 aromatic rings. The molecule has 3 heterocycles. The maximum atomic E-state index is 4.75. The minimum atomic E-state index is 0.710. The SMILES string of the molecule is CCCc1nc(CN2CC3CNCC3C2C)cs1. The highest BCUT2D eigenvalue weighted by atomic mass is 32.1. The molecule has 0 aromatic carbocycles. The average Bonchev–Trinajstić information content (AvgIpc) is 3.02. The first-order chi connectivity index (χ1) is 8.78. The van der Waals surface area contributed by atoms with E-state index in [0.29, 0.717) is 6.04 Å². The fourth-order valence-electron chi connectivity index (χ4n) is 3.42. The van der Waals surface area contributed by atoms with Crippen LogP contribution in [-0.2, 0) is 13.0 Å². The molecule has 0 aliphatic carbocycles. The fourth-order valence-corrected chi connectivity index (χ4v) is 4.31. The van der Waals surface area contributed by atoms with Gasteiger partial charge in [0.1, 0.15) is 0 Å². The van der Waals surface area contributed by atoms with E-state index < -0.39 is 0 Å². The summed E-state index contributed by atoms with van der Waals surface area (Å²) in [5.74, 6) is 1.73. The van der Waals surface area contributed by atoms with Gasteiger partial charge in [0.25, 0.3) is 0 Å². The second kappa shape index (κ2) is 5.27.